The molecule has 0 amide bonds. The summed E-state index contributed by atoms with van der Waals surface area (Å²) in [5, 5.41) is 0. The molecule has 1 aliphatic rings. The van der Waals surface area contributed by atoms with Gasteiger partial charge in [-0.2, -0.15) is 0 Å². The van der Waals surface area contributed by atoms with Gasteiger partial charge in [-0.05, 0) is 0 Å². The van der Waals surface area contributed by atoms with Crippen LogP contribution in [0.3, 0.4) is 0 Å². The van der Waals surface area contributed by atoms with Gasteiger partial charge in [-0.3, -0.25) is 0 Å². The molecule has 1 fully saturated rings. The van der Waals surface area contributed by atoms with Crippen LogP contribution in [0.1, 0.15) is 0 Å². The fourth-order valence-corrected chi connectivity index (χ4v) is 5.23. The fourth-order valence-electron chi connectivity index (χ4n) is 0.750. The van der Waals surface area contributed by atoms with Gasteiger partial charge in [0.2, 0.25) is 12.2 Å². The third-order valence-electron chi connectivity index (χ3n) is 1.25. The van der Waals surface area contributed by atoms with Gasteiger partial charge >= 0.3 is 0 Å². The number of isocyanates is 2. The van der Waals surface area contributed by atoms with Crippen LogP contribution in [0.15, 0.2) is 8.80 Å². The van der Waals surface area contributed by atoms with E-state index in [2.05, 4.69) is 8.80 Å². The van der Waals surface area contributed by atoms with Gasteiger partial charge in [-0.15, -0.1) is 32.3 Å². The molecule has 0 N–H and O–H groups in total. The summed E-state index contributed by atoms with van der Waals surface area (Å²) in [7, 11) is 0. The summed E-state index contributed by atoms with van der Waals surface area (Å²) in [5.41, 5.74) is 0. The first-order valence-corrected chi connectivity index (χ1v) is 7.33. The van der Waals surface area contributed by atoms with E-state index in [4.69, 9.17) is 0 Å². The molecule has 1 aliphatic heterocycles. The van der Waals surface area contributed by atoms with Crippen LogP contribution in [0.5, 0.6) is 0 Å². The highest BCUT2D eigenvalue weighted by molar-refractivity contribution is 8.23. The van der Waals surface area contributed by atoms with E-state index < -0.39 is 0 Å². The Bertz CT molecular complexity index is 239. The normalized spacial score (nSPS) is 26.0. The van der Waals surface area contributed by atoms with Gasteiger partial charge in [0.15, 0.2) is 0 Å². The predicted octanol–water partition coefficient (Wildman–Crippen LogP) is 2.09. The fraction of sp³-hybridized carbons (Fsp3) is 0.667. The molecule has 2 unspecified atom stereocenters. The number of hydrogen-bond donors (Lipinski definition) is 0. The predicted molar refractivity (Wildman–Crippen MR) is 63.9 cm³/mol. The maximum Gasteiger partial charge on any atom is 0.247 e. The topological polar surface area (TPSA) is 58.9 Å². The van der Waals surface area contributed by atoms with Gasteiger partial charge in [0.1, 0.15) is 0 Å². The van der Waals surface area contributed by atoms with Crippen LogP contribution >= 0.6 is 47.4 Å². The van der Waals surface area contributed by atoms with E-state index in [0.29, 0.717) is 9.16 Å². The Labute approximate surface area is 98.4 Å². The lowest BCUT2D eigenvalue weighted by atomic mass is 10.9. The van der Waals surface area contributed by atoms with Crippen molar-refractivity contribution in [3.05, 3.63) is 0 Å². The first-order valence-electron chi connectivity index (χ1n) is 3.56. The first kappa shape index (κ1) is 12.2. The summed E-state index contributed by atoms with van der Waals surface area (Å²) in [5.74, 6) is 1.79. The summed E-state index contributed by atoms with van der Waals surface area (Å²) < 4.78 is 7.54. The van der Waals surface area contributed by atoms with Crippen LogP contribution in [-0.4, -0.2) is 32.8 Å². The van der Waals surface area contributed by atoms with E-state index in [1.807, 2.05) is 0 Å². The first-order chi connectivity index (χ1) is 6.86. The Hall–Kier alpha value is 0.160. The Morgan fingerprint density at radius 3 is 1.71 bits per heavy atom. The molecular weight excluding hydrogens is 260 g/mol. The van der Waals surface area contributed by atoms with Crippen LogP contribution < -0.4 is 0 Å². The van der Waals surface area contributed by atoms with Gasteiger partial charge in [0.25, 0.3) is 0 Å². The largest absolute Gasteiger partial charge is 0.247 e. The summed E-state index contributed by atoms with van der Waals surface area (Å²) in [6.07, 6.45) is 3.00. The Morgan fingerprint density at radius 2 is 1.43 bits per heavy atom. The zero-order valence-corrected chi connectivity index (χ0v) is 10.2. The minimum atomic E-state index is 0.304. The molecule has 0 aromatic carbocycles. The molecule has 76 valence electrons. The van der Waals surface area contributed by atoms with Gasteiger partial charge in [0.05, 0.1) is 9.16 Å². The summed E-state index contributed by atoms with van der Waals surface area (Å²) in [4.78, 5) is 19.7. The lowest BCUT2D eigenvalue weighted by Crippen LogP contribution is -2.15. The molecule has 1 saturated heterocycles. The van der Waals surface area contributed by atoms with Crippen molar-refractivity contribution < 1.29 is 9.59 Å². The summed E-state index contributed by atoms with van der Waals surface area (Å²) in [6, 6.07) is 0. The third-order valence-corrected chi connectivity index (χ3v) is 6.72. The Balaban J connectivity index is 2.23. The van der Waals surface area contributed by atoms with E-state index in [-0.39, 0.29) is 0 Å². The van der Waals surface area contributed by atoms with Crippen molar-refractivity contribution in [1.29, 1.82) is 0 Å². The van der Waals surface area contributed by atoms with Crippen molar-refractivity contribution in [2.45, 2.75) is 9.16 Å². The lowest BCUT2D eigenvalue weighted by Gasteiger charge is -2.23. The molecule has 1 heterocycles. The Kier molecular flexibility index (Phi) is 6.51. The van der Waals surface area contributed by atoms with Crippen molar-refractivity contribution in [3.63, 3.8) is 0 Å². The molecule has 4 nitrogen and oxygen atoms in total. The van der Waals surface area contributed by atoms with Crippen molar-refractivity contribution >= 4 is 59.6 Å². The second-order valence-electron chi connectivity index (χ2n) is 2.10. The molecule has 14 heavy (non-hydrogen) atoms. The maximum atomic E-state index is 9.86. The molecular formula is C6H6N2O2S4. The molecule has 0 saturated carbocycles. The van der Waals surface area contributed by atoms with E-state index in [9.17, 15) is 9.59 Å². The third kappa shape index (κ3) is 4.59. The zero-order valence-electron chi connectivity index (χ0n) is 6.91. The van der Waals surface area contributed by atoms with Crippen molar-refractivity contribution in [2.24, 2.45) is 8.80 Å². The number of thioether (sulfide) groups is 2. The van der Waals surface area contributed by atoms with E-state index in [1.165, 1.54) is 36.1 Å². The van der Waals surface area contributed by atoms with E-state index in [1.54, 1.807) is 23.5 Å². The molecule has 8 heteroatoms. The van der Waals surface area contributed by atoms with Crippen LogP contribution in [0.4, 0.5) is 0 Å². The highest BCUT2D eigenvalue weighted by atomic mass is 32.2. The van der Waals surface area contributed by atoms with Crippen molar-refractivity contribution in [1.82, 2.24) is 0 Å². The van der Waals surface area contributed by atoms with Crippen molar-refractivity contribution in [2.75, 3.05) is 11.5 Å². The number of rotatable bonds is 4. The van der Waals surface area contributed by atoms with Gasteiger partial charge in [-0.25, -0.2) is 9.59 Å². The van der Waals surface area contributed by atoms with Crippen LogP contribution in [0.25, 0.3) is 0 Å². The smallest absolute Gasteiger partial charge is 0.210 e. The van der Waals surface area contributed by atoms with Gasteiger partial charge in [-0.1, -0.05) is 0 Å². The highest BCUT2D eigenvalue weighted by Crippen LogP contribution is 2.40. The van der Waals surface area contributed by atoms with Crippen LogP contribution in [-0.2, 0) is 9.59 Å². The second-order valence-corrected chi connectivity index (χ2v) is 7.09. The molecule has 0 bridgehead atoms. The maximum absolute atomic E-state index is 9.86. The molecule has 1 rings (SSSR count). The average molecular weight is 266 g/mol. The molecule has 0 aliphatic carbocycles. The Morgan fingerprint density at radius 1 is 1.00 bits per heavy atom. The number of nitrogens with zero attached hydrogens (tertiary/aromatic N) is 2. The molecule has 0 aromatic heterocycles. The standard InChI is InChI=1S/C6H6N2O2S4/c9-3-7-13-5-1-11-6(2-12-5)14-8-4-10/h5-6H,1-2H2. The summed E-state index contributed by atoms with van der Waals surface area (Å²) >= 11 is 5.94. The highest BCUT2D eigenvalue weighted by Gasteiger charge is 2.23. The van der Waals surface area contributed by atoms with E-state index in [0.717, 1.165) is 11.5 Å². The average Bonchev–Trinajstić information content (AvgIpc) is 2.25. The summed E-state index contributed by atoms with van der Waals surface area (Å²) in [6.45, 7) is 0. The van der Waals surface area contributed by atoms with Crippen LogP contribution in [0, 0.1) is 0 Å². The van der Waals surface area contributed by atoms with E-state index >= 15 is 0 Å². The number of carbonyl (C=O) groups excluding carboxylic acids is 2. The van der Waals surface area contributed by atoms with Gasteiger partial charge < -0.3 is 0 Å². The molecule has 0 aromatic rings. The number of hydrogen-bond acceptors (Lipinski definition) is 8. The van der Waals surface area contributed by atoms with Crippen LogP contribution in [0.2, 0.25) is 0 Å². The minimum Gasteiger partial charge on any atom is -0.210 e. The van der Waals surface area contributed by atoms with Gasteiger partial charge in [0, 0.05) is 35.4 Å². The quantitative estimate of drug-likeness (QED) is 0.441. The molecule has 0 spiro atoms. The molecule has 0 radical (unpaired) electrons. The lowest BCUT2D eigenvalue weighted by molar-refractivity contribution is 0.565. The van der Waals surface area contributed by atoms with Crippen molar-refractivity contribution in [3.8, 4) is 0 Å². The molecule has 2 atom stereocenters. The SMILES string of the molecule is O=C=NSC1CSC(SN=C=O)CS1. The second kappa shape index (κ2) is 7.45. The zero-order chi connectivity index (χ0) is 10.2. The minimum absolute atomic E-state index is 0.304. The monoisotopic (exact) mass is 266 g/mol.